The summed E-state index contributed by atoms with van der Waals surface area (Å²) < 4.78 is 0. The topological polar surface area (TPSA) is 101 Å². The van der Waals surface area contributed by atoms with Gasteiger partial charge in [-0.3, -0.25) is 4.79 Å². The molecule has 0 unspecified atom stereocenters. The van der Waals surface area contributed by atoms with Gasteiger partial charge in [0.1, 0.15) is 5.82 Å². The Balaban J connectivity index is 2.23. The van der Waals surface area contributed by atoms with Gasteiger partial charge in [0.05, 0.1) is 5.52 Å². The number of nitrogens with zero attached hydrogens (tertiary/aromatic N) is 1. The molecule has 0 saturated heterocycles. The van der Waals surface area contributed by atoms with Crippen molar-refractivity contribution in [1.82, 2.24) is 15.3 Å². The Bertz CT molecular complexity index is 663. The fraction of sp³-hybridized carbons (Fsp3) is 0.308. The monoisotopic (exact) mass is 260 g/mol. The zero-order valence-corrected chi connectivity index (χ0v) is 10.7. The summed E-state index contributed by atoms with van der Waals surface area (Å²) >= 11 is 0. The van der Waals surface area contributed by atoms with Gasteiger partial charge in [0.15, 0.2) is 0 Å². The van der Waals surface area contributed by atoms with Gasteiger partial charge in [0, 0.05) is 18.9 Å². The van der Waals surface area contributed by atoms with E-state index in [4.69, 9.17) is 5.73 Å². The number of nitrogens with two attached hydrogens (primary N) is 1. The van der Waals surface area contributed by atoms with Gasteiger partial charge >= 0.3 is 5.69 Å². The van der Waals surface area contributed by atoms with Gasteiger partial charge in [0.2, 0.25) is 5.91 Å². The number of benzene rings is 1. The third kappa shape index (κ3) is 3.09. The second-order valence-electron chi connectivity index (χ2n) is 4.35. The molecule has 4 N–H and O–H groups in total. The van der Waals surface area contributed by atoms with E-state index in [9.17, 15) is 9.59 Å². The molecule has 1 aromatic heterocycles. The molecule has 0 spiro atoms. The molecule has 2 rings (SSSR count). The van der Waals surface area contributed by atoms with Crippen molar-refractivity contribution in [3.63, 3.8) is 0 Å². The Morgan fingerprint density at radius 3 is 3.00 bits per heavy atom. The van der Waals surface area contributed by atoms with Gasteiger partial charge in [-0.1, -0.05) is 12.1 Å². The summed E-state index contributed by atoms with van der Waals surface area (Å²) in [6.07, 6.45) is 1.56. The molecule has 0 bridgehead atoms. The number of hydrogen-bond acceptors (Lipinski definition) is 4. The molecule has 0 atom stereocenters. The van der Waals surface area contributed by atoms with Crippen LogP contribution in [0.1, 0.15) is 18.9 Å². The first-order valence-corrected chi connectivity index (χ1v) is 6.10. The van der Waals surface area contributed by atoms with Crippen molar-refractivity contribution in [3.05, 3.63) is 34.2 Å². The summed E-state index contributed by atoms with van der Waals surface area (Å²) in [7, 11) is 0. The summed E-state index contributed by atoms with van der Waals surface area (Å²) in [5, 5.41) is 3.53. The molecule has 0 aliphatic carbocycles. The Labute approximate surface area is 110 Å². The van der Waals surface area contributed by atoms with E-state index in [0.717, 1.165) is 23.8 Å². The van der Waals surface area contributed by atoms with E-state index in [-0.39, 0.29) is 11.7 Å². The molecular weight excluding hydrogens is 244 g/mol. The van der Waals surface area contributed by atoms with Crippen molar-refractivity contribution < 1.29 is 4.79 Å². The van der Waals surface area contributed by atoms with Gasteiger partial charge in [-0.2, -0.15) is 4.98 Å². The summed E-state index contributed by atoms with van der Waals surface area (Å²) in [6.45, 7) is 2.10. The number of aryl methyl sites for hydroxylation is 1. The third-order valence-corrected chi connectivity index (χ3v) is 2.87. The highest BCUT2D eigenvalue weighted by atomic mass is 16.1. The largest absolute Gasteiger partial charge is 0.383 e. The predicted octanol–water partition coefficient (Wildman–Crippen LogP) is 0.574. The number of amides is 1. The second-order valence-corrected chi connectivity index (χ2v) is 4.35. The Kier molecular flexibility index (Phi) is 3.79. The average molecular weight is 260 g/mol. The molecule has 1 aromatic carbocycles. The van der Waals surface area contributed by atoms with Crippen molar-refractivity contribution in [2.75, 3.05) is 12.3 Å². The second kappa shape index (κ2) is 5.51. The smallest absolute Gasteiger partial charge is 0.347 e. The minimum atomic E-state index is -0.444. The van der Waals surface area contributed by atoms with Crippen molar-refractivity contribution in [2.45, 2.75) is 19.8 Å². The summed E-state index contributed by atoms with van der Waals surface area (Å²) in [4.78, 5) is 28.4. The SMILES string of the molecule is CC(=O)NCCCc1cccc2[nH]c(=O)nc(N)c12. The first kappa shape index (κ1) is 13.1. The van der Waals surface area contributed by atoms with Crippen LogP contribution in [0.5, 0.6) is 0 Å². The van der Waals surface area contributed by atoms with Gasteiger partial charge in [-0.15, -0.1) is 0 Å². The third-order valence-electron chi connectivity index (χ3n) is 2.87. The molecule has 0 radical (unpaired) electrons. The summed E-state index contributed by atoms with van der Waals surface area (Å²) in [5.41, 5.74) is 7.07. The van der Waals surface area contributed by atoms with Crippen molar-refractivity contribution >= 4 is 22.6 Å². The van der Waals surface area contributed by atoms with E-state index >= 15 is 0 Å². The van der Waals surface area contributed by atoms with Crippen LogP contribution in [0, 0.1) is 0 Å². The maximum atomic E-state index is 11.3. The molecule has 2 aromatic rings. The van der Waals surface area contributed by atoms with Gasteiger partial charge in [0.25, 0.3) is 0 Å². The van der Waals surface area contributed by atoms with E-state index in [1.54, 1.807) is 6.07 Å². The van der Waals surface area contributed by atoms with Crippen LogP contribution in [-0.4, -0.2) is 22.4 Å². The summed E-state index contributed by atoms with van der Waals surface area (Å²) in [5.74, 6) is 0.206. The molecule has 6 heteroatoms. The quantitative estimate of drug-likeness (QED) is 0.700. The number of fused-ring (bicyclic) bond motifs is 1. The number of carbonyl (C=O) groups is 1. The number of hydrogen-bond donors (Lipinski definition) is 3. The molecule has 0 aliphatic rings. The lowest BCUT2D eigenvalue weighted by Crippen LogP contribution is -2.21. The number of nitrogen functional groups attached to an aromatic ring is 1. The molecule has 100 valence electrons. The standard InChI is InChI=1S/C13H16N4O2/c1-8(18)15-7-3-5-9-4-2-6-10-11(9)12(14)17-13(19)16-10/h2,4,6H,3,5,7H2,1H3,(H,15,18)(H3,14,16,17,19). The number of aromatic nitrogens is 2. The Hall–Kier alpha value is -2.37. The lowest BCUT2D eigenvalue weighted by molar-refractivity contribution is -0.118. The van der Waals surface area contributed by atoms with Crippen LogP contribution >= 0.6 is 0 Å². The fourth-order valence-electron chi connectivity index (χ4n) is 2.07. The zero-order chi connectivity index (χ0) is 13.8. The Morgan fingerprint density at radius 2 is 2.26 bits per heavy atom. The van der Waals surface area contributed by atoms with E-state index in [2.05, 4.69) is 15.3 Å². The number of carbonyl (C=O) groups excluding carboxylic acids is 1. The molecule has 6 nitrogen and oxygen atoms in total. The van der Waals surface area contributed by atoms with Crippen molar-refractivity contribution in [2.24, 2.45) is 0 Å². The Morgan fingerprint density at radius 1 is 1.47 bits per heavy atom. The van der Waals surface area contributed by atoms with Crippen molar-refractivity contribution in [3.8, 4) is 0 Å². The van der Waals surface area contributed by atoms with Crippen LogP contribution in [0.25, 0.3) is 10.9 Å². The number of anilines is 1. The molecule has 0 aliphatic heterocycles. The average Bonchev–Trinajstić information content (AvgIpc) is 2.33. The number of H-pyrrole nitrogens is 1. The van der Waals surface area contributed by atoms with Crippen LogP contribution in [0.3, 0.4) is 0 Å². The van der Waals surface area contributed by atoms with Gasteiger partial charge < -0.3 is 16.0 Å². The van der Waals surface area contributed by atoms with Crippen LogP contribution < -0.4 is 16.7 Å². The molecular formula is C13H16N4O2. The molecule has 1 heterocycles. The lowest BCUT2D eigenvalue weighted by atomic mass is 10.0. The summed E-state index contributed by atoms with van der Waals surface area (Å²) in [6, 6.07) is 5.62. The molecule has 19 heavy (non-hydrogen) atoms. The van der Waals surface area contributed by atoms with Gasteiger partial charge in [-0.25, -0.2) is 4.79 Å². The van der Waals surface area contributed by atoms with Crippen LogP contribution in [-0.2, 0) is 11.2 Å². The minimum absolute atomic E-state index is 0.0385. The molecule has 0 fully saturated rings. The maximum Gasteiger partial charge on any atom is 0.347 e. The highest BCUT2D eigenvalue weighted by Gasteiger charge is 2.07. The van der Waals surface area contributed by atoms with E-state index in [0.29, 0.717) is 12.1 Å². The number of aromatic amines is 1. The van der Waals surface area contributed by atoms with Crippen LogP contribution in [0.4, 0.5) is 5.82 Å². The lowest BCUT2D eigenvalue weighted by Gasteiger charge is -2.08. The first-order valence-electron chi connectivity index (χ1n) is 6.10. The molecule has 1 amide bonds. The van der Waals surface area contributed by atoms with Crippen molar-refractivity contribution in [1.29, 1.82) is 0 Å². The highest BCUT2D eigenvalue weighted by molar-refractivity contribution is 5.90. The van der Waals surface area contributed by atoms with Crippen LogP contribution in [0.15, 0.2) is 23.0 Å². The van der Waals surface area contributed by atoms with E-state index in [1.165, 1.54) is 6.92 Å². The van der Waals surface area contributed by atoms with E-state index in [1.807, 2.05) is 12.1 Å². The first-order chi connectivity index (χ1) is 9.08. The van der Waals surface area contributed by atoms with Crippen LogP contribution in [0.2, 0.25) is 0 Å². The number of nitrogens with one attached hydrogen (secondary N) is 2. The normalized spacial score (nSPS) is 10.6. The number of rotatable bonds is 4. The highest BCUT2D eigenvalue weighted by Crippen LogP contribution is 2.21. The minimum Gasteiger partial charge on any atom is -0.383 e. The fourth-order valence-corrected chi connectivity index (χ4v) is 2.07. The van der Waals surface area contributed by atoms with Gasteiger partial charge in [-0.05, 0) is 24.5 Å². The molecule has 0 saturated carbocycles. The van der Waals surface area contributed by atoms with E-state index < -0.39 is 5.69 Å². The predicted molar refractivity (Wildman–Crippen MR) is 73.8 cm³/mol. The maximum absolute atomic E-state index is 11.3. The zero-order valence-electron chi connectivity index (χ0n) is 10.7.